The van der Waals surface area contributed by atoms with Crippen molar-refractivity contribution in [2.24, 2.45) is 7.05 Å². The summed E-state index contributed by atoms with van der Waals surface area (Å²) in [6, 6.07) is 8.22. The summed E-state index contributed by atoms with van der Waals surface area (Å²) >= 11 is 5.92. The van der Waals surface area contributed by atoms with Crippen molar-refractivity contribution in [1.82, 2.24) is 9.55 Å². The van der Waals surface area contributed by atoms with Crippen LogP contribution in [-0.2, 0) is 23.8 Å². The van der Waals surface area contributed by atoms with Gasteiger partial charge in [-0.1, -0.05) is 35.9 Å². The molecule has 3 rings (SSSR count). The molecule has 6 heteroatoms. The first-order valence-corrected chi connectivity index (χ1v) is 7.57. The van der Waals surface area contributed by atoms with Gasteiger partial charge in [0, 0.05) is 19.8 Å². The largest absolute Gasteiger partial charge is 0.368 e. The normalized spacial score (nSPS) is 20.5. The van der Waals surface area contributed by atoms with Gasteiger partial charge in [0.2, 0.25) is 0 Å². The molecular weight excluding hydrogens is 302 g/mol. The van der Waals surface area contributed by atoms with E-state index in [1.807, 2.05) is 19.1 Å². The zero-order valence-electron chi connectivity index (χ0n) is 12.6. The molecule has 0 spiro atoms. The molecule has 0 fully saturated rings. The summed E-state index contributed by atoms with van der Waals surface area (Å²) in [5.74, 6) is 0.239. The van der Waals surface area contributed by atoms with Gasteiger partial charge in [-0.2, -0.15) is 0 Å². The number of aromatic nitrogens is 2. The molecule has 0 aliphatic carbocycles. The molecule has 1 aliphatic heterocycles. The molecule has 0 radical (unpaired) electrons. The van der Waals surface area contributed by atoms with Crippen LogP contribution in [0.2, 0.25) is 5.15 Å². The topological polar surface area (TPSA) is 56.1 Å². The fourth-order valence-corrected chi connectivity index (χ4v) is 3.03. The molecule has 1 aromatic heterocycles. The molecule has 5 nitrogen and oxygen atoms in total. The Hall–Kier alpha value is -1.85. The highest BCUT2D eigenvalue weighted by atomic mass is 35.5. The molecule has 1 aliphatic rings. The predicted molar refractivity (Wildman–Crippen MR) is 86.4 cm³/mol. The Morgan fingerprint density at radius 2 is 2.23 bits per heavy atom. The van der Waals surface area contributed by atoms with Crippen molar-refractivity contribution in [3.8, 4) is 0 Å². The minimum absolute atomic E-state index is 0.211. The van der Waals surface area contributed by atoms with Crippen LogP contribution >= 0.6 is 11.6 Å². The lowest BCUT2D eigenvalue weighted by Gasteiger charge is -2.36. The Morgan fingerprint density at radius 1 is 1.45 bits per heavy atom. The highest BCUT2D eigenvalue weighted by Crippen LogP contribution is 2.32. The van der Waals surface area contributed by atoms with Crippen LogP contribution in [0.25, 0.3) is 0 Å². The van der Waals surface area contributed by atoms with Crippen LogP contribution in [0.15, 0.2) is 35.3 Å². The van der Waals surface area contributed by atoms with E-state index in [2.05, 4.69) is 22.4 Å². The molecule has 1 aromatic carbocycles. The van der Waals surface area contributed by atoms with E-state index in [1.54, 1.807) is 7.05 Å². The van der Waals surface area contributed by atoms with Crippen LogP contribution < -0.4 is 10.9 Å². The third-order valence-electron chi connectivity index (χ3n) is 4.01. The Morgan fingerprint density at radius 3 is 3.05 bits per heavy atom. The fraction of sp³-hybridized carbons (Fsp3) is 0.375. The molecule has 22 heavy (non-hydrogen) atoms. The molecule has 1 N–H and O–H groups in total. The van der Waals surface area contributed by atoms with Crippen molar-refractivity contribution >= 4 is 17.4 Å². The number of nitrogens with one attached hydrogen (secondary N) is 1. The highest BCUT2D eigenvalue weighted by molar-refractivity contribution is 6.29. The fourth-order valence-electron chi connectivity index (χ4n) is 2.80. The van der Waals surface area contributed by atoms with E-state index < -0.39 is 5.60 Å². The first kappa shape index (κ1) is 15.1. The summed E-state index contributed by atoms with van der Waals surface area (Å²) in [4.78, 5) is 16.2. The van der Waals surface area contributed by atoms with E-state index in [1.165, 1.54) is 16.3 Å². The lowest BCUT2D eigenvalue weighted by molar-refractivity contribution is -0.0359. The number of hydrogen-bond donors (Lipinski definition) is 1. The number of benzene rings is 1. The number of halogens is 1. The van der Waals surface area contributed by atoms with Crippen molar-refractivity contribution in [3.63, 3.8) is 0 Å². The van der Waals surface area contributed by atoms with Gasteiger partial charge in [-0.25, -0.2) is 4.98 Å². The van der Waals surface area contributed by atoms with Gasteiger partial charge in [0.25, 0.3) is 5.56 Å². The molecule has 0 bridgehead atoms. The number of rotatable bonds is 3. The van der Waals surface area contributed by atoms with Crippen LogP contribution in [0, 0.1) is 0 Å². The van der Waals surface area contributed by atoms with Gasteiger partial charge in [-0.05, 0) is 24.5 Å². The highest BCUT2D eigenvalue weighted by Gasteiger charge is 2.33. The summed E-state index contributed by atoms with van der Waals surface area (Å²) in [5.41, 5.74) is 1.72. The molecule has 1 unspecified atom stereocenters. The predicted octanol–water partition coefficient (Wildman–Crippen LogP) is 2.33. The van der Waals surface area contributed by atoms with Gasteiger partial charge in [-0.3, -0.25) is 4.79 Å². The Kier molecular flexibility index (Phi) is 3.93. The summed E-state index contributed by atoms with van der Waals surface area (Å²) in [7, 11) is 1.65. The first-order chi connectivity index (χ1) is 10.5. The van der Waals surface area contributed by atoms with Crippen molar-refractivity contribution in [2.75, 3.05) is 18.5 Å². The molecule has 0 saturated heterocycles. The summed E-state index contributed by atoms with van der Waals surface area (Å²) < 4.78 is 7.39. The molecule has 2 heterocycles. The van der Waals surface area contributed by atoms with E-state index in [9.17, 15) is 4.79 Å². The second-order valence-corrected chi connectivity index (χ2v) is 6.06. The molecule has 0 saturated carbocycles. The maximum Gasteiger partial charge on any atom is 0.293 e. The van der Waals surface area contributed by atoms with Crippen LogP contribution in [0.4, 0.5) is 5.82 Å². The van der Waals surface area contributed by atoms with Crippen molar-refractivity contribution in [1.29, 1.82) is 0 Å². The van der Waals surface area contributed by atoms with Gasteiger partial charge in [0.15, 0.2) is 5.82 Å². The number of nitrogens with zero attached hydrogens (tertiary/aromatic N) is 2. The molecular formula is C16H18ClN3O2. The van der Waals surface area contributed by atoms with Crippen LogP contribution in [0.5, 0.6) is 0 Å². The SMILES string of the molecule is Cn1cc(Cl)nc(NCC2(C)OCCc3ccccc32)c1=O. The second kappa shape index (κ2) is 5.74. The third-order valence-corrected chi connectivity index (χ3v) is 4.20. The average Bonchev–Trinajstić information content (AvgIpc) is 2.50. The number of anilines is 1. The first-order valence-electron chi connectivity index (χ1n) is 7.19. The summed E-state index contributed by atoms with van der Waals surface area (Å²) in [6.07, 6.45) is 2.39. The monoisotopic (exact) mass is 319 g/mol. The number of aryl methyl sites for hydroxylation is 1. The van der Waals surface area contributed by atoms with Gasteiger partial charge in [0.1, 0.15) is 10.8 Å². The molecule has 1 atom stereocenters. The molecule has 2 aromatic rings. The smallest absolute Gasteiger partial charge is 0.293 e. The zero-order chi connectivity index (χ0) is 15.7. The minimum Gasteiger partial charge on any atom is -0.368 e. The summed E-state index contributed by atoms with van der Waals surface area (Å²) in [5, 5.41) is 3.37. The maximum absolute atomic E-state index is 12.1. The zero-order valence-corrected chi connectivity index (χ0v) is 13.4. The van der Waals surface area contributed by atoms with Crippen LogP contribution in [-0.4, -0.2) is 22.7 Å². The van der Waals surface area contributed by atoms with E-state index >= 15 is 0 Å². The van der Waals surface area contributed by atoms with Gasteiger partial charge in [0.05, 0.1) is 6.61 Å². The second-order valence-electron chi connectivity index (χ2n) is 5.67. The number of hydrogen-bond acceptors (Lipinski definition) is 4. The van der Waals surface area contributed by atoms with Crippen LogP contribution in [0.1, 0.15) is 18.1 Å². The third kappa shape index (κ3) is 2.74. The van der Waals surface area contributed by atoms with Crippen molar-refractivity contribution in [2.45, 2.75) is 18.9 Å². The van der Waals surface area contributed by atoms with E-state index in [-0.39, 0.29) is 16.5 Å². The quantitative estimate of drug-likeness (QED) is 0.943. The molecule has 0 amide bonds. The number of ether oxygens (including phenoxy) is 1. The maximum atomic E-state index is 12.1. The van der Waals surface area contributed by atoms with Crippen molar-refractivity contribution < 1.29 is 4.74 Å². The Balaban J connectivity index is 1.87. The van der Waals surface area contributed by atoms with E-state index in [4.69, 9.17) is 16.3 Å². The number of fused-ring (bicyclic) bond motifs is 1. The summed E-state index contributed by atoms with van der Waals surface area (Å²) in [6.45, 7) is 3.13. The average molecular weight is 320 g/mol. The Labute approximate surface area is 133 Å². The van der Waals surface area contributed by atoms with Gasteiger partial charge in [-0.15, -0.1) is 0 Å². The van der Waals surface area contributed by atoms with Gasteiger partial charge >= 0.3 is 0 Å². The van der Waals surface area contributed by atoms with Gasteiger partial charge < -0.3 is 14.6 Å². The van der Waals surface area contributed by atoms with E-state index in [0.29, 0.717) is 13.2 Å². The van der Waals surface area contributed by atoms with E-state index in [0.717, 1.165) is 12.0 Å². The van der Waals surface area contributed by atoms with Crippen LogP contribution in [0.3, 0.4) is 0 Å². The lowest BCUT2D eigenvalue weighted by Crippen LogP contribution is -2.40. The lowest BCUT2D eigenvalue weighted by atomic mass is 9.87. The molecule has 116 valence electrons. The van der Waals surface area contributed by atoms with Crippen molar-refractivity contribution in [3.05, 3.63) is 57.1 Å². The minimum atomic E-state index is -0.496. The standard InChI is InChI=1S/C16H18ClN3O2/c1-16(12-6-4-3-5-11(12)7-8-22-16)10-18-14-15(21)20(2)9-13(17)19-14/h3-6,9H,7-8,10H2,1-2H3,(H,18,19). The Bertz CT molecular complexity index is 759.